The van der Waals surface area contributed by atoms with Gasteiger partial charge in [0.15, 0.2) is 0 Å². The maximum absolute atomic E-state index is 11.6. The minimum absolute atomic E-state index is 0.330. The van der Waals surface area contributed by atoms with Crippen molar-refractivity contribution in [1.29, 1.82) is 0 Å². The standard InChI is InChI=1S/C19H28O3/c1-5-6-7-8-15-21-17-12-9-16(10-13-17)11-14-18(20)22-19(2,3)4/h9-14H,5-8,15H2,1-4H3. The number of benzene rings is 1. The summed E-state index contributed by atoms with van der Waals surface area (Å²) < 4.78 is 10.9. The zero-order valence-electron chi connectivity index (χ0n) is 14.2. The Bertz CT molecular complexity index is 466. The molecule has 0 aliphatic carbocycles. The summed E-state index contributed by atoms with van der Waals surface area (Å²) in [5, 5.41) is 0. The highest BCUT2D eigenvalue weighted by atomic mass is 16.6. The molecule has 0 atom stereocenters. The maximum Gasteiger partial charge on any atom is 0.331 e. The molecule has 0 radical (unpaired) electrons. The second-order valence-corrected chi connectivity index (χ2v) is 6.34. The lowest BCUT2D eigenvalue weighted by molar-refractivity contribution is -0.148. The maximum atomic E-state index is 11.6. The van der Waals surface area contributed by atoms with Gasteiger partial charge in [0.05, 0.1) is 6.61 Å². The van der Waals surface area contributed by atoms with Crippen LogP contribution < -0.4 is 4.74 Å². The molecule has 0 bridgehead atoms. The summed E-state index contributed by atoms with van der Waals surface area (Å²) in [4.78, 5) is 11.6. The topological polar surface area (TPSA) is 35.5 Å². The third kappa shape index (κ3) is 8.50. The van der Waals surface area contributed by atoms with Crippen LogP contribution in [0.2, 0.25) is 0 Å². The van der Waals surface area contributed by atoms with Crippen LogP contribution in [0.4, 0.5) is 0 Å². The van der Waals surface area contributed by atoms with Crippen molar-refractivity contribution < 1.29 is 14.3 Å². The van der Waals surface area contributed by atoms with E-state index in [-0.39, 0.29) is 5.97 Å². The molecule has 122 valence electrons. The SMILES string of the molecule is CCCCCCOc1ccc(C=CC(=O)OC(C)(C)C)cc1. The molecule has 0 aromatic heterocycles. The van der Waals surface area contributed by atoms with Crippen LogP contribution in [0.3, 0.4) is 0 Å². The van der Waals surface area contributed by atoms with Gasteiger partial charge in [0, 0.05) is 6.08 Å². The highest BCUT2D eigenvalue weighted by Crippen LogP contribution is 2.14. The van der Waals surface area contributed by atoms with Gasteiger partial charge < -0.3 is 9.47 Å². The zero-order chi connectivity index (χ0) is 16.4. The van der Waals surface area contributed by atoms with Crippen LogP contribution in [0.15, 0.2) is 30.3 Å². The molecule has 0 saturated heterocycles. The average Bonchev–Trinajstić information content (AvgIpc) is 2.44. The largest absolute Gasteiger partial charge is 0.494 e. The van der Waals surface area contributed by atoms with Gasteiger partial charge in [0.25, 0.3) is 0 Å². The first-order chi connectivity index (χ1) is 10.4. The highest BCUT2D eigenvalue weighted by molar-refractivity contribution is 5.87. The van der Waals surface area contributed by atoms with Gasteiger partial charge in [-0.05, 0) is 51.0 Å². The predicted octanol–water partition coefficient (Wildman–Crippen LogP) is 5.00. The monoisotopic (exact) mass is 304 g/mol. The number of hydrogen-bond acceptors (Lipinski definition) is 3. The molecule has 22 heavy (non-hydrogen) atoms. The Kier molecular flexibility index (Phi) is 7.72. The van der Waals surface area contributed by atoms with E-state index >= 15 is 0 Å². The first-order valence-electron chi connectivity index (χ1n) is 8.04. The number of unbranched alkanes of at least 4 members (excludes halogenated alkanes) is 3. The molecule has 0 heterocycles. The molecule has 0 fully saturated rings. The van der Waals surface area contributed by atoms with Gasteiger partial charge in [-0.2, -0.15) is 0 Å². The Labute approximate surface area is 134 Å². The minimum atomic E-state index is -0.461. The number of ether oxygens (including phenoxy) is 2. The number of rotatable bonds is 8. The van der Waals surface area contributed by atoms with Crippen LogP contribution in [-0.2, 0) is 9.53 Å². The van der Waals surface area contributed by atoms with Crippen molar-refractivity contribution in [2.75, 3.05) is 6.61 Å². The Balaban J connectivity index is 2.39. The van der Waals surface area contributed by atoms with E-state index in [4.69, 9.17) is 9.47 Å². The van der Waals surface area contributed by atoms with Crippen molar-refractivity contribution in [2.24, 2.45) is 0 Å². The first kappa shape index (κ1) is 18.3. The fourth-order valence-corrected chi connectivity index (χ4v) is 1.89. The molecule has 0 amide bonds. The predicted molar refractivity (Wildman–Crippen MR) is 91.0 cm³/mol. The van der Waals surface area contributed by atoms with E-state index in [0.29, 0.717) is 0 Å². The normalized spacial score (nSPS) is 11.6. The van der Waals surface area contributed by atoms with Crippen molar-refractivity contribution in [2.45, 2.75) is 59.0 Å². The van der Waals surface area contributed by atoms with Crippen LogP contribution in [-0.4, -0.2) is 18.2 Å². The van der Waals surface area contributed by atoms with Gasteiger partial charge in [-0.15, -0.1) is 0 Å². The quantitative estimate of drug-likeness (QED) is 0.385. The lowest BCUT2D eigenvalue weighted by atomic mass is 10.2. The van der Waals surface area contributed by atoms with Crippen molar-refractivity contribution in [1.82, 2.24) is 0 Å². The van der Waals surface area contributed by atoms with Crippen molar-refractivity contribution >= 4 is 12.0 Å². The summed E-state index contributed by atoms with van der Waals surface area (Å²) in [6.45, 7) is 8.51. The molecular weight excluding hydrogens is 276 g/mol. The van der Waals surface area contributed by atoms with Gasteiger partial charge in [0.1, 0.15) is 11.4 Å². The molecule has 1 aromatic rings. The third-order valence-electron chi connectivity index (χ3n) is 2.97. The number of hydrogen-bond donors (Lipinski definition) is 0. The second kappa shape index (κ2) is 9.29. The van der Waals surface area contributed by atoms with Crippen LogP contribution in [0.1, 0.15) is 58.9 Å². The molecule has 0 aliphatic heterocycles. The number of carbonyl (C=O) groups is 1. The first-order valence-corrected chi connectivity index (χ1v) is 8.04. The van der Waals surface area contributed by atoms with Crippen LogP contribution in [0.5, 0.6) is 5.75 Å². The van der Waals surface area contributed by atoms with Crippen molar-refractivity contribution in [3.8, 4) is 5.75 Å². The minimum Gasteiger partial charge on any atom is -0.494 e. The summed E-state index contributed by atoms with van der Waals surface area (Å²) in [6, 6.07) is 7.72. The molecule has 0 aliphatic rings. The van der Waals surface area contributed by atoms with Crippen molar-refractivity contribution in [3.05, 3.63) is 35.9 Å². The summed E-state index contributed by atoms with van der Waals surface area (Å²) in [5.41, 5.74) is 0.487. The van der Waals surface area contributed by atoms with E-state index in [2.05, 4.69) is 6.92 Å². The van der Waals surface area contributed by atoms with E-state index in [1.54, 1.807) is 6.08 Å². The Hall–Kier alpha value is -1.77. The molecule has 0 N–H and O–H groups in total. The fourth-order valence-electron chi connectivity index (χ4n) is 1.89. The number of esters is 1. The molecule has 1 aromatic carbocycles. The number of carbonyl (C=O) groups excluding carboxylic acids is 1. The summed E-state index contributed by atoms with van der Waals surface area (Å²) >= 11 is 0. The van der Waals surface area contributed by atoms with E-state index in [1.165, 1.54) is 25.3 Å². The highest BCUT2D eigenvalue weighted by Gasteiger charge is 2.13. The van der Waals surface area contributed by atoms with Gasteiger partial charge in [-0.25, -0.2) is 4.79 Å². The molecule has 0 saturated carbocycles. The summed E-state index contributed by atoms with van der Waals surface area (Å²) in [6.07, 6.45) is 8.00. The lowest BCUT2D eigenvalue weighted by Crippen LogP contribution is -2.22. The van der Waals surface area contributed by atoms with Gasteiger partial charge >= 0.3 is 5.97 Å². The Morgan fingerprint density at radius 2 is 1.77 bits per heavy atom. The fraction of sp³-hybridized carbons (Fsp3) is 0.526. The smallest absolute Gasteiger partial charge is 0.331 e. The Morgan fingerprint density at radius 3 is 2.36 bits per heavy atom. The Morgan fingerprint density at radius 1 is 1.09 bits per heavy atom. The van der Waals surface area contributed by atoms with E-state index < -0.39 is 5.60 Å². The lowest BCUT2D eigenvalue weighted by Gasteiger charge is -2.17. The van der Waals surface area contributed by atoms with Gasteiger partial charge in [-0.3, -0.25) is 0 Å². The van der Waals surface area contributed by atoms with E-state index in [1.807, 2.05) is 45.0 Å². The summed E-state index contributed by atoms with van der Waals surface area (Å²) in [5.74, 6) is 0.537. The second-order valence-electron chi connectivity index (χ2n) is 6.34. The molecule has 0 spiro atoms. The zero-order valence-corrected chi connectivity index (χ0v) is 14.2. The third-order valence-corrected chi connectivity index (χ3v) is 2.97. The summed E-state index contributed by atoms with van der Waals surface area (Å²) in [7, 11) is 0. The van der Waals surface area contributed by atoms with E-state index in [9.17, 15) is 4.79 Å². The van der Waals surface area contributed by atoms with Gasteiger partial charge in [0.2, 0.25) is 0 Å². The van der Waals surface area contributed by atoms with Crippen LogP contribution in [0, 0.1) is 0 Å². The average molecular weight is 304 g/mol. The van der Waals surface area contributed by atoms with Crippen molar-refractivity contribution in [3.63, 3.8) is 0 Å². The van der Waals surface area contributed by atoms with Crippen LogP contribution >= 0.6 is 0 Å². The van der Waals surface area contributed by atoms with E-state index in [0.717, 1.165) is 24.3 Å². The molecule has 1 rings (SSSR count). The molecule has 0 unspecified atom stereocenters. The van der Waals surface area contributed by atoms with Crippen LogP contribution in [0.25, 0.3) is 6.08 Å². The molecule has 3 heteroatoms. The molecular formula is C19H28O3. The molecule has 3 nitrogen and oxygen atoms in total. The van der Waals surface area contributed by atoms with Gasteiger partial charge in [-0.1, -0.05) is 38.3 Å².